The quantitative estimate of drug-likeness (QED) is 0.774. The van der Waals surface area contributed by atoms with Crippen LogP contribution in [0.4, 0.5) is 5.69 Å². The van der Waals surface area contributed by atoms with Crippen molar-refractivity contribution < 1.29 is 19.0 Å². The summed E-state index contributed by atoms with van der Waals surface area (Å²) in [7, 11) is 3.30. The summed E-state index contributed by atoms with van der Waals surface area (Å²) in [5, 5.41) is 0.632. The highest BCUT2D eigenvalue weighted by atomic mass is 32.2. The van der Waals surface area contributed by atoms with Gasteiger partial charge in [0.05, 0.1) is 17.7 Å². The van der Waals surface area contributed by atoms with E-state index in [0.717, 1.165) is 11.3 Å². The van der Waals surface area contributed by atoms with Gasteiger partial charge in [-0.25, -0.2) is 4.99 Å². The zero-order valence-corrected chi connectivity index (χ0v) is 15.1. The monoisotopic (exact) mass is 368 g/mol. The van der Waals surface area contributed by atoms with E-state index in [-0.39, 0.29) is 12.7 Å². The molecule has 0 aromatic heterocycles. The van der Waals surface area contributed by atoms with Crippen molar-refractivity contribution in [2.24, 2.45) is 4.99 Å². The molecule has 2 aliphatic heterocycles. The summed E-state index contributed by atoms with van der Waals surface area (Å²) in [6, 6.07) is 13.1. The van der Waals surface area contributed by atoms with E-state index in [4.69, 9.17) is 14.2 Å². The summed E-state index contributed by atoms with van der Waals surface area (Å²) in [4.78, 5) is 19.3. The number of benzene rings is 2. The van der Waals surface area contributed by atoms with Gasteiger partial charge in [0.2, 0.25) is 6.79 Å². The molecule has 4 rings (SSSR count). The van der Waals surface area contributed by atoms with Crippen LogP contribution in [0, 0.1) is 0 Å². The standard InChI is InChI=1S/C19H16N2O4S/c1-21-18(22)17(26-19(21)20-13-6-4-3-5-7-13)9-12-8-15-16(25-11-24-15)10-14(12)23-2/h3-10H,11H2,1-2H3/b17-9+,20-19?. The Labute approximate surface area is 155 Å². The Morgan fingerprint density at radius 3 is 2.65 bits per heavy atom. The Bertz CT molecular complexity index is 925. The first-order valence-electron chi connectivity index (χ1n) is 7.94. The number of amides is 1. The molecule has 0 N–H and O–H groups in total. The SMILES string of the molecule is COc1cc2c(cc1/C=C1/SC(=Nc3ccccc3)N(C)C1=O)OCO2. The van der Waals surface area contributed by atoms with Crippen LogP contribution in [0.25, 0.3) is 6.08 Å². The van der Waals surface area contributed by atoms with E-state index >= 15 is 0 Å². The van der Waals surface area contributed by atoms with Crippen LogP contribution in [0.2, 0.25) is 0 Å². The van der Waals surface area contributed by atoms with Gasteiger partial charge < -0.3 is 14.2 Å². The van der Waals surface area contributed by atoms with Gasteiger partial charge in [0.15, 0.2) is 16.7 Å². The second kappa shape index (κ2) is 6.76. The molecule has 26 heavy (non-hydrogen) atoms. The Hall–Kier alpha value is -2.93. The molecule has 0 aliphatic carbocycles. The molecule has 1 amide bonds. The number of fused-ring (bicyclic) bond motifs is 1. The molecule has 0 unspecified atom stereocenters. The van der Waals surface area contributed by atoms with Gasteiger partial charge in [-0.15, -0.1) is 0 Å². The molecular weight excluding hydrogens is 352 g/mol. The van der Waals surface area contributed by atoms with Crippen molar-refractivity contribution in [2.75, 3.05) is 21.0 Å². The maximum atomic E-state index is 12.6. The molecule has 6 nitrogen and oxygen atoms in total. The number of aliphatic imine (C=N–C) groups is 1. The van der Waals surface area contributed by atoms with E-state index in [1.54, 1.807) is 31.2 Å². The first-order chi connectivity index (χ1) is 12.7. The van der Waals surface area contributed by atoms with Gasteiger partial charge in [-0.2, -0.15) is 0 Å². The summed E-state index contributed by atoms with van der Waals surface area (Å²) in [5.41, 5.74) is 1.55. The summed E-state index contributed by atoms with van der Waals surface area (Å²) >= 11 is 1.33. The number of methoxy groups -OCH3 is 1. The van der Waals surface area contributed by atoms with Crippen molar-refractivity contribution in [1.82, 2.24) is 4.90 Å². The van der Waals surface area contributed by atoms with Crippen LogP contribution >= 0.6 is 11.8 Å². The Balaban J connectivity index is 1.68. The molecule has 1 fully saturated rings. The molecule has 0 atom stereocenters. The normalized spacial score (nSPS) is 18.8. The predicted molar refractivity (Wildman–Crippen MR) is 101 cm³/mol. The van der Waals surface area contributed by atoms with Crippen LogP contribution in [0.3, 0.4) is 0 Å². The molecule has 0 spiro atoms. The summed E-state index contributed by atoms with van der Waals surface area (Å²) in [5.74, 6) is 1.79. The van der Waals surface area contributed by atoms with E-state index in [2.05, 4.69) is 4.99 Å². The van der Waals surface area contributed by atoms with Gasteiger partial charge in [-0.3, -0.25) is 9.69 Å². The van der Waals surface area contributed by atoms with Crippen molar-refractivity contribution in [1.29, 1.82) is 0 Å². The van der Waals surface area contributed by atoms with Crippen LogP contribution in [-0.4, -0.2) is 36.9 Å². The number of hydrogen-bond acceptors (Lipinski definition) is 6. The fraction of sp³-hybridized carbons (Fsp3) is 0.158. The molecule has 0 saturated carbocycles. The fourth-order valence-electron chi connectivity index (χ4n) is 2.63. The van der Waals surface area contributed by atoms with Crippen molar-refractivity contribution in [3.63, 3.8) is 0 Å². The van der Waals surface area contributed by atoms with E-state index in [1.807, 2.05) is 36.4 Å². The van der Waals surface area contributed by atoms with E-state index in [9.17, 15) is 4.79 Å². The van der Waals surface area contributed by atoms with E-state index < -0.39 is 0 Å². The van der Waals surface area contributed by atoms with Crippen LogP contribution in [0.1, 0.15) is 5.56 Å². The number of ether oxygens (including phenoxy) is 3. The van der Waals surface area contributed by atoms with E-state index in [0.29, 0.717) is 27.3 Å². The van der Waals surface area contributed by atoms with Crippen molar-refractivity contribution in [3.05, 3.63) is 52.9 Å². The van der Waals surface area contributed by atoms with Crippen molar-refractivity contribution in [3.8, 4) is 17.2 Å². The van der Waals surface area contributed by atoms with Crippen LogP contribution in [0.5, 0.6) is 17.2 Å². The number of likely N-dealkylation sites (N-methyl/N-ethyl adjacent to an activating group) is 1. The smallest absolute Gasteiger partial charge is 0.266 e. The molecule has 0 radical (unpaired) electrons. The number of rotatable bonds is 3. The number of amidine groups is 1. The largest absolute Gasteiger partial charge is 0.496 e. The summed E-state index contributed by atoms with van der Waals surface area (Å²) < 4.78 is 16.2. The lowest BCUT2D eigenvalue weighted by molar-refractivity contribution is -0.121. The number of para-hydroxylation sites is 1. The first-order valence-corrected chi connectivity index (χ1v) is 8.76. The second-order valence-electron chi connectivity index (χ2n) is 5.65. The molecule has 1 saturated heterocycles. The Kier molecular flexibility index (Phi) is 4.30. The van der Waals surface area contributed by atoms with Gasteiger partial charge in [-0.1, -0.05) is 18.2 Å². The molecule has 2 aromatic rings. The molecule has 7 heteroatoms. The van der Waals surface area contributed by atoms with Gasteiger partial charge in [0.25, 0.3) is 5.91 Å². The highest BCUT2D eigenvalue weighted by Crippen LogP contribution is 2.41. The van der Waals surface area contributed by atoms with E-state index in [1.165, 1.54) is 11.8 Å². The second-order valence-corrected chi connectivity index (χ2v) is 6.66. The molecule has 2 aromatic carbocycles. The van der Waals surface area contributed by atoms with Crippen LogP contribution in [-0.2, 0) is 4.79 Å². The third kappa shape index (κ3) is 3.01. The number of thioether (sulfide) groups is 1. The van der Waals surface area contributed by atoms with Gasteiger partial charge in [0, 0.05) is 18.7 Å². The zero-order valence-electron chi connectivity index (χ0n) is 14.3. The van der Waals surface area contributed by atoms with Crippen LogP contribution in [0.15, 0.2) is 52.4 Å². The topological polar surface area (TPSA) is 60.4 Å². The minimum atomic E-state index is -0.107. The lowest BCUT2D eigenvalue weighted by Crippen LogP contribution is -2.23. The maximum absolute atomic E-state index is 12.6. The van der Waals surface area contributed by atoms with Gasteiger partial charge in [-0.05, 0) is 36.0 Å². The third-order valence-corrected chi connectivity index (χ3v) is 5.06. The average Bonchev–Trinajstić information content (AvgIpc) is 3.22. The number of nitrogens with zero attached hydrogens (tertiary/aromatic N) is 2. The van der Waals surface area contributed by atoms with Gasteiger partial charge in [0.1, 0.15) is 5.75 Å². The molecular formula is C19H16N2O4S. The highest BCUT2D eigenvalue weighted by molar-refractivity contribution is 8.18. The summed E-state index contributed by atoms with van der Waals surface area (Å²) in [6.45, 7) is 0.183. The number of carbonyl (C=O) groups excluding carboxylic acids is 1. The molecule has 132 valence electrons. The van der Waals surface area contributed by atoms with Crippen molar-refractivity contribution in [2.45, 2.75) is 0 Å². The average molecular weight is 368 g/mol. The maximum Gasteiger partial charge on any atom is 0.266 e. The Morgan fingerprint density at radius 2 is 1.92 bits per heavy atom. The highest BCUT2D eigenvalue weighted by Gasteiger charge is 2.31. The molecule has 2 heterocycles. The number of hydrogen-bond donors (Lipinski definition) is 0. The zero-order chi connectivity index (χ0) is 18.1. The summed E-state index contributed by atoms with van der Waals surface area (Å²) in [6.07, 6.45) is 1.79. The fourth-order valence-corrected chi connectivity index (χ4v) is 3.61. The van der Waals surface area contributed by atoms with Crippen LogP contribution < -0.4 is 14.2 Å². The lowest BCUT2D eigenvalue weighted by atomic mass is 10.1. The molecule has 2 aliphatic rings. The minimum absolute atomic E-state index is 0.107. The predicted octanol–water partition coefficient (Wildman–Crippen LogP) is 3.66. The first kappa shape index (κ1) is 16.5. The minimum Gasteiger partial charge on any atom is -0.496 e. The third-order valence-electron chi connectivity index (χ3n) is 4.00. The lowest BCUT2D eigenvalue weighted by Gasteiger charge is -2.07. The Morgan fingerprint density at radius 1 is 1.19 bits per heavy atom. The number of carbonyl (C=O) groups is 1. The van der Waals surface area contributed by atoms with Crippen molar-refractivity contribution >= 4 is 34.6 Å². The molecule has 0 bridgehead atoms. The van der Waals surface area contributed by atoms with Gasteiger partial charge >= 0.3 is 0 Å².